The smallest absolute Gasteiger partial charge is 0.335 e. The Morgan fingerprint density at radius 1 is 0.971 bits per heavy atom. The van der Waals surface area contributed by atoms with Crippen molar-refractivity contribution in [3.63, 3.8) is 0 Å². The largest absolute Gasteiger partial charge is 0.487 e. The van der Waals surface area contributed by atoms with Crippen molar-refractivity contribution in [1.29, 1.82) is 0 Å². The zero-order chi connectivity index (χ0) is 25.3. The fourth-order valence-corrected chi connectivity index (χ4v) is 5.60. The van der Waals surface area contributed by atoms with E-state index in [0.29, 0.717) is 30.9 Å². The number of ether oxygens (including phenoxy) is 1. The molecule has 0 bridgehead atoms. The maximum absolute atomic E-state index is 13.1. The van der Waals surface area contributed by atoms with E-state index in [0.717, 1.165) is 14.0 Å². The van der Waals surface area contributed by atoms with Crippen molar-refractivity contribution in [1.82, 2.24) is 5.32 Å². The first kappa shape index (κ1) is 26.0. The van der Waals surface area contributed by atoms with Crippen LogP contribution in [-0.4, -0.2) is 17.8 Å². The van der Waals surface area contributed by atoms with Crippen LogP contribution in [0.4, 0.5) is 10.5 Å². The average Bonchev–Trinajstić information content (AvgIpc) is 2.78. The van der Waals surface area contributed by atoms with Gasteiger partial charge >= 0.3 is 6.03 Å². The monoisotopic (exact) mass is 704 g/mol. The van der Waals surface area contributed by atoms with Crippen LogP contribution in [0.25, 0.3) is 6.08 Å². The second-order valence-corrected chi connectivity index (χ2v) is 10.6. The molecule has 1 N–H and O–H groups in total. The lowest BCUT2D eigenvalue weighted by molar-refractivity contribution is -0.122. The number of carbonyl (C=O) groups excluding carboxylic acids is 3. The van der Waals surface area contributed by atoms with Gasteiger partial charge in [-0.05, 0) is 98.7 Å². The molecule has 0 saturated carbocycles. The Morgan fingerprint density at radius 2 is 1.66 bits per heavy atom. The molecule has 11 heteroatoms. The number of hydrogen-bond donors (Lipinski definition) is 1. The van der Waals surface area contributed by atoms with Gasteiger partial charge in [0.25, 0.3) is 11.8 Å². The molecule has 0 spiro atoms. The van der Waals surface area contributed by atoms with Gasteiger partial charge < -0.3 is 4.74 Å². The number of nitrogens with one attached hydrogen (secondary N) is 1. The molecule has 3 aromatic carbocycles. The molecule has 0 unspecified atom stereocenters. The summed E-state index contributed by atoms with van der Waals surface area (Å²) >= 11 is 23.6. The van der Waals surface area contributed by atoms with Crippen molar-refractivity contribution >= 4 is 103 Å². The van der Waals surface area contributed by atoms with Crippen LogP contribution in [-0.2, 0) is 16.2 Å². The molecule has 0 radical (unpaired) electrons. The summed E-state index contributed by atoms with van der Waals surface area (Å²) in [4.78, 5) is 38.8. The number of rotatable bonds is 5. The van der Waals surface area contributed by atoms with E-state index in [-0.39, 0.29) is 17.9 Å². The zero-order valence-electron chi connectivity index (χ0n) is 17.5. The van der Waals surface area contributed by atoms with Gasteiger partial charge in [0.05, 0.1) is 13.7 Å². The van der Waals surface area contributed by atoms with Crippen molar-refractivity contribution < 1.29 is 19.1 Å². The van der Waals surface area contributed by atoms with Gasteiger partial charge in [-0.2, -0.15) is 0 Å². The van der Waals surface area contributed by atoms with Crippen LogP contribution in [0.3, 0.4) is 0 Å². The Kier molecular flexibility index (Phi) is 8.07. The Balaban J connectivity index is 1.60. The molecule has 3 aromatic rings. The predicted molar refractivity (Wildman–Crippen MR) is 148 cm³/mol. The number of amides is 4. The van der Waals surface area contributed by atoms with Crippen LogP contribution >= 0.6 is 73.3 Å². The summed E-state index contributed by atoms with van der Waals surface area (Å²) in [6.07, 6.45) is 1.42. The fourth-order valence-electron chi connectivity index (χ4n) is 3.24. The summed E-state index contributed by atoms with van der Waals surface area (Å²) in [7, 11) is 0. The molecule has 6 nitrogen and oxygen atoms in total. The summed E-state index contributed by atoms with van der Waals surface area (Å²) in [5.41, 5.74) is 1.42. The predicted octanol–water partition coefficient (Wildman–Crippen LogP) is 7.26. The molecule has 35 heavy (non-hydrogen) atoms. The van der Waals surface area contributed by atoms with E-state index in [2.05, 4.69) is 43.8 Å². The highest BCUT2D eigenvalue weighted by Gasteiger charge is 2.36. The molecular weight excluding hydrogens is 693 g/mol. The topological polar surface area (TPSA) is 75.7 Å². The third-order valence-corrected chi connectivity index (χ3v) is 7.13. The normalized spacial score (nSPS) is 14.9. The van der Waals surface area contributed by atoms with E-state index in [1.807, 2.05) is 0 Å². The number of nitrogens with zero attached hydrogens (tertiary/aromatic N) is 1. The van der Waals surface area contributed by atoms with Crippen LogP contribution in [0.15, 0.2) is 64.6 Å². The van der Waals surface area contributed by atoms with Gasteiger partial charge in [0.15, 0.2) is 0 Å². The van der Waals surface area contributed by atoms with Gasteiger partial charge in [-0.3, -0.25) is 14.9 Å². The molecular formula is C24H13BrCl3IN2O4. The molecule has 0 aliphatic carbocycles. The maximum atomic E-state index is 13.1. The number of carbonyl (C=O) groups is 3. The van der Waals surface area contributed by atoms with Crippen molar-refractivity contribution in [3.05, 3.63) is 94.4 Å². The summed E-state index contributed by atoms with van der Waals surface area (Å²) < 4.78 is 7.28. The van der Waals surface area contributed by atoms with Crippen LogP contribution in [0.1, 0.15) is 11.1 Å². The van der Waals surface area contributed by atoms with Crippen molar-refractivity contribution in [2.45, 2.75) is 6.61 Å². The summed E-state index contributed by atoms with van der Waals surface area (Å²) in [5, 5.41) is 3.67. The number of anilines is 1. The SMILES string of the molecule is O=C1NC(=O)N(c2ccc(Cl)cc2)C(=O)/C1=C/c1cc(Br)c(OCc2ccc(Cl)cc2Cl)c(I)c1. The molecule has 1 fully saturated rings. The minimum Gasteiger partial charge on any atom is -0.487 e. The van der Waals surface area contributed by atoms with Crippen molar-refractivity contribution in [3.8, 4) is 5.75 Å². The molecule has 0 aromatic heterocycles. The van der Waals surface area contributed by atoms with Crippen LogP contribution in [0, 0.1) is 3.57 Å². The average molecular weight is 707 g/mol. The quantitative estimate of drug-likeness (QED) is 0.172. The first-order valence-electron chi connectivity index (χ1n) is 9.87. The van der Waals surface area contributed by atoms with Gasteiger partial charge in [-0.25, -0.2) is 9.69 Å². The fraction of sp³-hybridized carbons (Fsp3) is 0.0417. The maximum Gasteiger partial charge on any atom is 0.335 e. The van der Waals surface area contributed by atoms with Gasteiger partial charge in [0, 0.05) is 20.6 Å². The number of halogens is 5. The number of urea groups is 1. The highest BCUT2D eigenvalue weighted by atomic mass is 127. The third kappa shape index (κ3) is 5.83. The van der Waals surface area contributed by atoms with Gasteiger partial charge in [0.2, 0.25) is 0 Å². The highest BCUT2D eigenvalue weighted by Crippen LogP contribution is 2.34. The number of barbiturate groups is 1. The summed E-state index contributed by atoms with van der Waals surface area (Å²) in [5.74, 6) is -0.963. The summed E-state index contributed by atoms with van der Waals surface area (Å²) in [6, 6.07) is 13.9. The van der Waals surface area contributed by atoms with Crippen molar-refractivity contribution in [2.24, 2.45) is 0 Å². The summed E-state index contributed by atoms with van der Waals surface area (Å²) in [6.45, 7) is 0.212. The number of benzene rings is 3. The van der Waals surface area contributed by atoms with Crippen LogP contribution in [0.5, 0.6) is 5.75 Å². The van der Waals surface area contributed by atoms with E-state index in [9.17, 15) is 14.4 Å². The molecule has 1 aliphatic rings. The lowest BCUT2D eigenvalue weighted by Gasteiger charge is -2.26. The lowest BCUT2D eigenvalue weighted by atomic mass is 10.1. The van der Waals surface area contributed by atoms with E-state index >= 15 is 0 Å². The van der Waals surface area contributed by atoms with Crippen LogP contribution in [0.2, 0.25) is 15.1 Å². The second-order valence-electron chi connectivity index (χ2n) is 7.27. The van der Waals surface area contributed by atoms with Gasteiger partial charge in [-0.1, -0.05) is 40.9 Å². The van der Waals surface area contributed by atoms with E-state index < -0.39 is 17.8 Å². The molecule has 1 aliphatic heterocycles. The van der Waals surface area contributed by atoms with E-state index in [4.69, 9.17) is 39.5 Å². The molecule has 4 rings (SSSR count). The molecule has 4 amide bonds. The number of imide groups is 2. The van der Waals surface area contributed by atoms with Crippen molar-refractivity contribution in [2.75, 3.05) is 4.90 Å². The first-order valence-corrected chi connectivity index (χ1v) is 12.9. The lowest BCUT2D eigenvalue weighted by Crippen LogP contribution is -2.54. The Bertz CT molecular complexity index is 1370. The van der Waals surface area contributed by atoms with Crippen LogP contribution < -0.4 is 15.0 Å². The first-order chi connectivity index (χ1) is 16.6. The van der Waals surface area contributed by atoms with Gasteiger partial charge in [-0.15, -0.1) is 0 Å². The Hall–Kier alpha value is -2.11. The highest BCUT2D eigenvalue weighted by molar-refractivity contribution is 14.1. The Morgan fingerprint density at radius 3 is 2.31 bits per heavy atom. The molecule has 0 atom stereocenters. The van der Waals surface area contributed by atoms with E-state index in [1.54, 1.807) is 42.5 Å². The standard InChI is InChI=1S/C24H13BrCl3IN2O4/c25-18-8-12(9-20(29)21(18)35-11-13-1-2-15(27)10-19(13)28)7-17-22(32)30-24(34)31(23(17)33)16-5-3-14(26)4-6-16/h1-10H,11H2,(H,30,32,34)/b17-7+. The van der Waals surface area contributed by atoms with E-state index in [1.165, 1.54) is 18.2 Å². The second kappa shape index (κ2) is 10.9. The molecule has 1 heterocycles. The molecule has 1 saturated heterocycles. The van der Waals surface area contributed by atoms with Gasteiger partial charge in [0.1, 0.15) is 17.9 Å². The third-order valence-electron chi connectivity index (χ3n) is 4.91. The Labute approximate surface area is 237 Å². The zero-order valence-corrected chi connectivity index (χ0v) is 23.5. The minimum atomic E-state index is -0.833. The number of hydrogen-bond acceptors (Lipinski definition) is 4. The molecule has 178 valence electrons. The minimum absolute atomic E-state index is 0.191.